The predicted molar refractivity (Wildman–Crippen MR) is 62.7 cm³/mol. The van der Waals surface area contributed by atoms with Gasteiger partial charge < -0.3 is 0 Å². The Morgan fingerprint density at radius 1 is 1.47 bits per heavy atom. The van der Waals surface area contributed by atoms with Crippen LogP contribution in [0.15, 0.2) is 24.3 Å². The molecule has 15 heavy (non-hydrogen) atoms. The Kier molecular flexibility index (Phi) is 2.84. The molecule has 2 aromatic rings. The molecule has 2 nitrogen and oxygen atoms in total. The smallest absolute Gasteiger partial charge is 0.178 e. The third-order valence-corrected chi connectivity index (χ3v) is 3.14. The van der Waals surface area contributed by atoms with E-state index in [1.54, 1.807) is 0 Å². The summed E-state index contributed by atoms with van der Waals surface area (Å²) in [6.07, 6.45) is 0.770. The average Bonchev–Trinajstić information content (AvgIpc) is 2.60. The Morgan fingerprint density at radius 2 is 2.27 bits per heavy atom. The number of benzene rings is 1. The van der Waals surface area contributed by atoms with Gasteiger partial charge in [-0.1, -0.05) is 23.7 Å². The molecule has 0 aliphatic rings. The number of aromatic nitrogens is 1. The highest BCUT2D eigenvalue weighted by Gasteiger charge is 2.09. The fraction of sp³-hybridized carbons (Fsp3) is 0.0909. The van der Waals surface area contributed by atoms with Crippen LogP contribution in [0.25, 0.3) is 11.3 Å². The van der Waals surface area contributed by atoms with Crippen LogP contribution in [0, 0.1) is 6.92 Å². The Morgan fingerprint density at radius 3 is 2.87 bits per heavy atom. The lowest BCUT2D eigenvalue weighted by molar-refractivity contribution is 0.112. The maximum atomic E-state index is 10.6. The minimum absolute atomic E-state index is 0.502. The van der Waals surface area contributed by atoms with E-state index in [9.17, 15) is 4.79 Å². The second-order valence-corrected chi connectivity index (χ2v) is 4.76. The van der Waals surface area contributed by atoms with E-state index in [-0.39, 0.29) is 0 Å². The molecule has 0 unspecified atom stereocenters. The number of rotatable bonds is 2. The van der Waals surface area contributed by atoms with E-state index in [0.717, 1.165) is 22.4 Å². The molecule has 0 aliphatic carbocycles. The van der Waals surface area contributed by atoms with Crippen LogP contribution in [0.5, 0.6) is 0 Å². The number of aldehydes is 1. The van der Waals surface area contributed by atoms with Crippen molar-refractivity contribution < 1.29 is 4.79 Å². The largest absolute Gasteiger partial charge is 0.295 e. The van der Waals surface area contributed by atoms with Gasteiger partial charge in [-0.05, 0) is 19.1 Å². The monoisotopic (exact) mass is 237 g/mol. The zero-order valence-corrected chi connectivity index (χ0v) is 9.60. The van der Waals surface area contributed by atoms with Crippen LogP contribution >= 0.6 is 22.9 Å². The van der Waals surface area contributed by atoms with Crippen LogP contribution in [0.4, 0.5) is 0 Å². The molecule has 4 heteroatoms. The van der Waals surface area contributed by atoms with E-state index in [4.69, 9.17) is 11.6 Å². The van der Waals surface area contributed by atoms with E-state index in [1.807, 2.05) is 31.2 Å². The van der Waals surface area contributed by atoms with Crippen molar-refractivity contribution >= 4 is 29.2 Å². The van der Waals surface area contributed by atoms with E-state index < -0.39 is 0 Å². The van der Waals surface area contributed by atoms with Crippen molar-refractivity contribution in [2.45, 2.75) is 6.92 Å². The van der Waals surface area contributed by atoms with Crippen LogP contribution in [0.2, 0.25) is 5.02 Å². The summed E-state index contributed by atoms with van der Waals surface area (Å²) in [6, 6.07) is 7.46. The topological polar surface area (TPSA) is 30.0 Å². The first-order valence-corrected chi connectivity index (χ1v) is 5.58. The van der Waals surface area contributed by atoms with Crippen LogP contribution in [-0.4, -0.2) is 11.3 Å². The van der Waals surface area contributed by atoms with Gasteiger partial charge in [0.15, 0.2) is 11.3 Å². The average molecular weight is 238 g/mol. The summed E-state index contributed by atoms with van der Waals surface area (Å²) in [5, 5.41) is 1.18. The number of carbonyl (C=O) groups excluding carboxylic acids is 1. The molecule has 1 aromatic carbocycles. The molecule has 0 saturated carbocycles. The van der Waals surface area contributed by atoms with E-state index in [0.29, 0.717) is 10.0 Å². The molecule has 0 radical (unpaired) electrons. The van der Waals surface area contributed by atoms with Gasteiger partial charge >= 0.3 is 0 Å². The Hall–Kier alpha value is -1.19. The summed E-state index contributed by atoms with van der Waals surface area (Å²) >= 11 is 7.29. The third-order valence-electron chi connectivity index (χ3n) is 2.01. The standard InChI is InChI=1S/C11H8ClNOS/c1-7-11(13-10(6-14)15-7)8-3-2-4-9(12)5-8/h2-6H,1H3. The SMILES string of the molecule is Cc1sc(C=O)nc1-c1cccc(Cl)c1. The lowest BCUT2D eigenvalue weighted by atomic mass is 10.1. The molecule has 0 N–H and O–H groups in total. The van der Waals surface area contributed by atoms with Gasteiger partial charge in [-0.25, -0.2) is 4.98 Å². The van der Waals surface area contributed by atoms with Gasteiger partial charge in [0.1, 0.15) is 0 Å². The first kappa shape index (κ1) is 10.3. The second-order valence-electron chi connectivity index (χ2n) is 3.09. The zero-order valence-electron chi connectivity index (χ0n) is 8.03. The molecule has 2 rings (SSSR count). The maximum absolute atomic E-state index is 10.6. The number of hydrogen-bond acceptors (Lipinski definition) is 3. The lowest BCUT2D eigenvalue weighted by Gasteiger charge is -1.98. The van der Waals surface area contributed by atoms with Gasteiger partial charge in [-0.15, -0.1) is 11.3 Å². The van der Waals surface area contributed by atoms with E-state index >= 15 is 0 Å². The molecule has 0 amide bonds. The van der Waals surface area contributed by atoms with Gasteiger partial charge in [0, 0.05) is 15.5 Å². The highest BCUT2D eigenvalue weighted by atomic mass is 35.5. The van der Waals surface area contributed by atoms with Crippen molar-refractivity contribution in [2.24, 2.45) is 0 Å². The molecular formula is C11H8ClNOS. The molecule has 0 aliphatic heterocycles. The summed E-state index contributed by atoms with van der Waals surface area (Å²) in [5.41, 5.74) is 1.79. The van der Waals surface area contributed by atoms with E-state index in [1.165, 1.54) is 11.3 Å². The Balaban J connectivity index is 2.53. The van der Waals surface area contributed by atoms with Gasteiger partial charge in [0.25, 0.3) is 0 Å². The molecule has 76 valence electrons. The number of halogens is 1. The van der Waals surface area contributed by atoms with Crippen LogP contribution in [-0.2, 0) is 0 Å². The zero-order chi connectivity index (χ0) is 10.8. The van der Waals surface area contributed by atoms with Crippen molar-refractivity contribution in [1.82, 2.24) is 4.98 Å². The summed E-state index contributed by atoms with van der Waals surface area (Å²) in [6.45, 7) is 1.95. The summed E-state index contributed by atoms with van der Waals surface area (Å²) in [4.78, 5) is 15.9. The molecule has 1 heterocycles. The van der Waals surface area contributed by atoms with Gasteiger partial charge in [0.05, 0.1) is 5.69 Å². The van der Waals surface area contributed by atoms with Crippen LogP contribution in [0.3, 0.4) is 0 Å². The number of hydrogen-bond donors (Lipinski definition) is 0. The van der Waals surface area contributed by atoms with E-state index in [2.05, 4.69) is 4.98 Å². The molecule has 0 spiro atoms. The second kappa shape index (κ2) is 4.13. The molecule has 0 bridgehead atoms. The maximum Gasteiger partial charge on any atom is 0.178 e. The summed E-state index contributed by atoms with van der Waals surface area (Å²) in [7, 11) is 0. The lowest BCUT2D eigenvalue weighted by Crippen LogP contribution is -1.81. The minimum Gasteiger partial charge on any atom is -0.295 e. The Bertz CT molecular complexity index is 507. The van der Waals surface area contributed by atoms with Crippen molar-refractivity contribution in [1.29, 1.82) is 0 Å². The fourth-order valence-corrected chi connectivity index (χ4v) is 2.32. The molecule has 0 saturated heterocycles. The van der Waals surface area contributed by atoms with Crippen molar-refractivity contribution in [3.63, 3.8) is 0 Å². The first-order chi connectivity index (χ1) is 7.20. The van der Waals surface area contributed by atoms with Gasteiger partial charge in [0.2, 0.25) is 0 Å². The predicted octanol–water partition coefficient (Wildman–Crippen LogP) is 3.58. The number of carbonyl (C=O) groups is 1. The number of nitrogens with zero attached hydrogens (tertiary/aromatic N) is 1. The van der Waals surface area contributed by atoms with Crippen molar-refractivity contribution in [2.75, 3.05) is 0 Å². The van der Waals surface area contributed by atoms with Crippen molar-refractivity contribution in [3.05, 3.63) is 39.2 Å². The van der Waals surface area contributed by atoms with Crippen LogP contribution < -0.4 is 0 Å². The molecule has 0 fully saturated rings. The fourth-order valence-electron chi connectivity index (χ4n) is 1.37. The van der Waals surface area contributed by atoms with Gasteiger partial charge in [-0.2, -0.15) is 0 Å². The summed E-state index contributed by atoms with van der Waals surface area (Å²) < 4.78 is 0. The van der Waals surface area contributed by atoms with Gasteiger partial charge in [-0.3, -0.25) is 4.79 Å². The normalized spacial score (nSPS) is 10.3. The summed E-state index contributed by atoms with van der Waals surface area (Å²) in [5.74, 6) is 0. The Labute approximate surface area is 96.5 Å². The highest BCUT2D eigenvalue weighted by Crippen LogP contribution is 2.28. The third kappa shape index (κ3) is 2.08. The highest BCUT2D eigenvalue weighted by molar-refractivity contribution is 7.13. The molecular weight excluding hydrogens is 230 g/mol. The van der Waals surface area contributed by atoms with Crippen molar-refractivity contribution in [3.8, 4) is 11.3 Å². The molecule has 1 aromatic heterocycles. The minimum atomic E-state index is 0.502. The number of thiazole rings is 1. The van der Waals surface area contributed by atoms with Crippen LogP contribution in [0.1, 0.15) is 14.7 Å². The first-order valence-electron chi connectivity index (χ1n) is 4.39. The number of aryl methyl sites for hydroxylation is 1. The quantitative estimate of drug-likeness (QED) is 0.748. The molecule has 0 atom stereocenters.